The summed E-state index contributed by atoms with van der Waals surface area (Å²) >= 11 is 0. The number of sulfonamides is 1. The monoisotopic (exact) mass is 569 g/mol. The Labute approximate surface area is 235 Å². The summed E-state index contributed by atoms with van der Waals surface area (Å²) in [5, 5.41) is 0. The molecule has 5 rings (SSSR count). The highest BCUT2D eigenvalue weighted by molar-refractivity contribution is 7.89. The van der Waals surface area contributed by atoms with Crippen molar-refractivity contribution >= 4 is 21.5 Å². The van der Waals surface area contributed by atoms with E-state index in [2.05, 4.69) is 19.8 Å². The molecule has 3 heterocycles. The highest BCUT2D eigenvalue weighted by Crippen LogP contribution is 2.32. The predicted octanol–water partition coefficient (Wildman–Crippen LogP) is 4.19. The fraction of sp³-hybridized carbons (Fsp3) is 0.448. The van der Waals surface area contributed by atoms with Crippen LogP contribution in [0.3, 0.4) is 0 Å². The first-order chi connectivity index (χ1) is 19.3. The Morgan fingerprint density at radius 1 is 0.950 bits per heavy atom. The van der Waals surface area contributed by atoms with Crippen molar-refractivity contribution < 1.29 is 22.3 Å². The lowest BCUT2D eigenvalue weighted by atomic mass is 10.1. The second-order valence-corrected chi connectivity index (χ2v) is 12.1. The van der Waals surface area contributed by atoms with Crippen LogP contribution in [0.1, 0.15) is 30.4 Å². The lowest BCUT2D eigenvalue weighted by Crippen LogP contribution is -2.47. The van der Waals surface area contributed by atoms with Crippen LogP contribution in [0.25, 0.3) is 0 Å². The van der Waals surface area contributed by atoms with E-state index >= 15 is 0 Å². The lowest BCUT2D eigenvalue weighted by Gasteiger charge is -2.37. The summed E-state index contributed by atoms with van der Waals surface area (Å²) in [5.74, 6) is 1.17. The first kappa shape index (κ1) is 28.1. The molecule has 2 fully saturated rings. The molecule has 2 aliphatic rings. The normalized spacial score (nSPS) is 18.6. The van der Waals surface area contributed by atoms with Crippen molar-refractivity contribution in [2.75, 3.05) is 56.2 Å². The molecule has 2 saturated heterocycles. The predicted molar refractivity (Wildman–Crippen MR) is 152 cm³/mol. The van der Waals surface area contributed by atoms with Crippen LogP contribution in [0.2, 0.25) is 0 Å². The zero-order valence-electron chi connectivity index (χ0n) is 23.2. The van der Waals surface area contributed by atoms with Crippen LogP contribution in [-0.2, 0) is 10.0 Å². The van der Waals surface area contributed by atoms with Gasteiger partial charge in [0.05, 0.1) is 18.0 Å². The van der Waals surface area contributed by atoms with Crippen molar-refractivity contribution in [3.8, 4) is 11.8 Å². The minimum absolute atomic E-state index is 0.176. The minimum atomic E-state index is -3.73. The van der Waals surface area contributed by atoms with Crippen LogP contribution in [0, 0.1) is 19.7 Å². The molecule has 0 amide bonds. The topological polar surface area (TPSA) is 88.1 Å². The first-order valence-corrected chi connectivity index (χ1v) is 15.1. The SMILES string of the molecule is COc1cc(C)c(S(=O)(=O)N2CCCCC2COc2nccc(N3CCN(c4ccc(F)cc4)CC3)n2)c(C)c1. The average molecular weight is 570 g/mol. The Hall–Kier alpha value is -3.44. The fourth-order valence-corrected chi connectivity index (χ4v) is 7.70. The number of piperidine rings is 1. The van der Waals surface area contributed by atoms with Crippen LogP contribution in [-0.4, -0.2) is 75.2 Å². The summed E-state index contributed by atoms with van der Waals surface area (Å²) in [5.41, 5.74) is 2.33. The van der Waals surface area contributed by atoms with Crippen LogP contribution >= 0.6 is 0 Å². The smallest absolute Gasteiger partial charge is 0.318 e. The zero-order chi connectivity index (χ0) is 28.3. The van der Waals surface area contributed by atoms with E-state index in [1.54, 1.807) is 55.7 Å². The molecule has 0 radical (unpaired) electrons. The Morgan fingerprint density at radius 3 is 2.30 bits per heavy atom. The van der Waals surface area contributed by atoms with Gasteiger partial charge in [-0.1, -0.05) is 6.42 Å². The van der Waals surface area contributed by atoms with E-state index in [-0.39, 0.29) is 24.5 Å². The van der Waals surface area contributed by atoms with Gasteiger partial charge in [0.15, 0.2) is 0 Å². The molecule has 1 atom stereocenters. The molecule has 0 aliphatic carbocycles. The van der Waals surface area contributed by atoms with Gasteiger partial charge in [0.25, 0.3) is 0 Å². The van der Waals surface area contributed by atoms with Gasteiger partial charge in [0.1, 0.15) is 24.0 Å². The summed E-state index contributed by atoms with van der Waals surface area (Å²) < 4.78 is 53.8. The second kappa shape index (κ2) is 12.0. The second-order valence-electron chi connectivity index (χ2n) is 10.3. The lowest BCUT2D eigenvalue weighted by molar-refractivity contribution is 0.161. The van der Waals surface area contributed by atoms with Crippen LogP contribution in [0.5, 0.6) is 11.8 Å². The van der Waals surface area contributed by atoms with Crippen molar-refractivity contribution in [1.29, 1.82) is 0 Å². The van der Waals surface area contributed by atoms with E-state index in [1.165, 1.54) is 12.1 Å². The maximum absolute atomic E-state index is 13.8. The number of rotatable bonds is 8. The maximum atomic E-state index is 13.8. The number of ether oxygens (including phenoxy) is 2. The third-order valence-electron chi connectivity index (χ3n) is 7.63. The number of nitrogens with zero attached hydrogens (tertiary/aromatic N) is 5. The highest BCUT2D eigenvalue weighted by atomic mass is 32.2. The third kappa shape index (κ3) is 6.00. The van der Waals surface area contributed by atoms with E-state index < -0.39 is 10.0 Å². The number of methoxy groups -OCH3 is 1. The van der Waals surface area contributed by atoms with Crippen molar-refractivity contribution in [3.05, 3.63) is 65.6 Å². The van der Waals surface area contributed by atoms with E-state index in [4.69, 9.17) is 9.47 Å². The first-order valence-electron chi connectivity index (χ1n) is 13.6. The van der Waals surface area contributed by atoms with Gasteiger partial charge in [0, 0.05) is 44.6 Å². The number of aryl methyl sites for hydroxylation is 2. The van der Waals surface area contributed by atoms with Gasteiger partial charge < -0.3 is 19.3 Å². The molecule has 2 aromatic carbocycles. The third-order valence-corrected chi connectivity index (χ3v) is 9.89. The molecule has 1 aromatic heterocycles. The van der Waals surface area contributed by atoms with E-state index in [1.807, 2.05) is 6.07 Å². The number of benzene rings is 2. The molecule has 0 spiro atoms. The molecule has 2 aliphatic heterocycles. The number of hydrogen-bond donors (Lipinski definition) is 0. The van der Waals surface area contributed by atoms with E-state index in [0.717, 1.165) is 50.5 Å². The Balaban J connectivity index is 1.25. The maximum Gasteiger partial charge on any atom is 0.318 e. The number of hydrogen-bond acceptors (Lipinski definition) is 8. The minimum Gasteiger partial charge on any atom is -0.497 e. The van der Waals surface area contributed by atoms with Gasteiger partial charge in [-0.3, -0.25) is 0 Å². The van der Waals surface area contributed by atoms with Crippen LogP contribution < -0.4 is 19.3 Å². The Kier molecular flexibility index (Phi) is 8.41. The number of halogens is 1. The molecular weight excluding hydrogens is 533 g/mol. The summed E-state index contributed by atoms with van der Waals surface area (Å²) in [6.45, 7) is 7.30. The summed E-state index contributed by atoms with van der Waals surface area (Å²) in [7, 11) is -2.16. The molecule has 0 saturated carbocycles. The van der Waals surface area contributed by atoms with Crippen LogP contribution in [0.15, 0.2) is 53.6 Å². The molecule has 40 heavy (non-hydrogen) atoms. The van der Waals surface area contributed by atoms with Gasteiger partial charge in [-0.2, -0.15) is 9.29 Å². The van der Waals surface area contributed by atoms with Crippen molar-refractivity contribution in [3.63, 3.8) is 0 Å². The summed E-state index contributed by atoms with van der Waals surface area (Å²) in [6, 6.07) is 11.8. The zero-order valence-corrected chi connectivity index (χ0v) is 24.0. The molecule has 0 N–H and O–H groups in total. The molecule has 214 valence electrons. The van der Waals surface area contributed by atoms with Crippen molar-refractivity contribution in [1.82, 2.24) is 14.3 Å². The number of aromatic nitrogens is 2. The molecule has 3 aromatic rings. The van der Waals surface area contributed by atoms with Gasteiger partial charge in [0.2, 0.25) is 10.0 Å². The van der Waals surface area contributed by atoms with E-state index in [0.29, 0.717) is 34.7 Å². The Bertz CT molecular complexity index is 1410. The molecular formula is C29H36FN5O4S. The molecule has 1 unspecified atom stereocenters. The van der Waals surface area contributed by atoms with Crippen molar-refractivity contribution in [2.45, 2.75) is 44.0 Å². The van der Waals surface area contributed by atoms with Gasteiger partial charge in [-0.25, -0.2) is 17.8 Å². The van der Waals surface area contributed by atoms with Crippen LogP contribution in [0.4, 0.5) is 15.9 Å². The summed E-state index contributed by atoms with van der Waals surface area (Å²) in [6.07, 6.45) is 4.11. The molecule has 0 bridgehead atoms. The molecule has 11 heteroatoms. The van der Waals surface area contributed by atoms with Gasteiger partial charge in [-0.05, 0) is 80.3 Å². The van der Waals surface area contributed by atoms with Gasteiger partial charge >= 0.3 is 6.01 Å². The standard InChI is InChI=1S/C29H36FN5O4S/c1-21-18-26(38-3)19-22(2)28(21)40(36,37)35-13-5-4-6-25(35)20-39-29-31-12-11-27(32-29)34-16-14-33(15-17-34)24-9-7-23(30)8-10-24/h7-12,18-19,25H,4-6,13-17,20H2,1-3H3. The van der Waals surface area contributed by atoms with Gasteiger partial charge in [-0.15, -0.1) is 0 Å². The average Bonchev–Trinajstić information content (AvgIpc) is 2.96. The largest absolute Gasteiger partial charge is 0.497 e. The quantitative estimate of drug-likeness (QED) is 0.399. The molecule has 9 nitrogen and oxygen atoms in total. The number of anilines is 2. The number of piperazine rings is 1. The summed E-state index contributed by atoms with van der Waals surface area (Å²) in [4.78, 5) is 13.6. The fourth-order valence-electron chi connectivity index (χ4n) is 5.60. The Morgan fingerprint density at radius 2 is 1.62 bits per heavy atom. The highest BCUT2D eigenvalue weighted by Gasteiger charge is 2.36. The van der Waals surface area contributed by atoms with Crippen molar-refractivity contribution in [2.24, 2.45) is 0 Å². The van der Waals surface area contributed by atoms with E-state index in [9.17, 15) is 12.8 Å².